The molecule has 6 nitrogen and oxygen atoms in total. The second kappa shape index (κ2) is 11.2. The molecule has 0 aromatic heterocycles. The molecule has 2 aromatic rings. The van der Waals surface area contributed by atoms with E-state index >= 15 is 0 Å². The Bertz CT molecular complexity index is 829. The van der Waals surface area contributed by atoms with Gasteiger partial charge in [-0.1, -0.05) is 25.1 Å². The van der Waals surface area contributed by atoms with Gasteiger partial charge in [-0.2, -0.15) is 0 Å². The van der Waals surface area contributed by atoms with Crippen LogP contribution in [-0.4, -0.2) is 43.0 Å². The third-order valence-corrected chi connectivity index (χ3v) is 4.81. The second-order valence-electron chi connectivity index (χ2n) is 7.30. The molecule has 0 saturated carbocycles. The molecule has 0 fully saturated rings. The van der Waals surface area contributed by atoms with E-state index in [0.717, 1.165) is 22.4 Å². The van der Waals surface area contributed by atoms with Crippen LogP contribution in [-0.2, 0) is 16.1 Å². The Kier molecular flexibility index (Phi) is 8.71. The number of ether oxygens (including phenoxy) is 2. The summed E-state index contributed by atoms with van der Waals surface area (Å²) in [5.74, 6) is 0.998. The maximum absolute atomic E-state index is 13.1. The van der Waals surface area contributed by atoms with Crippen LogP contribution in [0.2, 0.25) is 0 Å². The van der Waals surface area contributed by atoms with Gasteiger partial charge in [0.05, 0.1) is 7.11 Å². The summed E-state index contributed by atoms with van der Waals surface area (Å²) >= 11 is 0. The van der Waals surface area contributed by atoms with Gasteiger partial charge in [0.25, 0.3) is 5.91 Å². The van der Waals surface area contributed by atoms with E-state index < -0.39 is 6.04 Å². The third-order valence-electron chi connectivity index (χ3n) is 4.81. The average Bonchev–Trinajstić information content (AvgIpc) is 2.72. The van der Waals surface area contributed by atoms with Crippen molar-refractivity contribution in [3.63, 3.8) is 0 Å². The Morgan fingerprint density at radius 2 is 1.63 bits per heavy atom. The van der Waals surface area contributed by atoms with E-state index in [-0.39, 0.29) is 18.4 Å². The lowest BCUT2D eigenvalue weighted by molar-refractivity contribution is -0.142. The predicted octanol–water partition coefficient (Wildman–Crippen LogP) is 3.63. The number of hydrogen-bond acceptors (Lipinski definition) is 4. The lowest BCUT2D eigenvalue weighted by atomic mass is 10.1. The van der Waals surface area contributed by atoms with Crippen LogP contribution in [0.25, 0.3) is 0 Å². The number of rotatable bonds is 10. The minimum atomic E-state index is -0.567. The molecule has 0 bridgehead atoms. The lowest BCUT2D eigenvalue weighted by Gasteiger charge is -2.30. The van der Waals surface area contributed by atoms with E-state index in [1.54, 1.807) is 12.0 Å². The van der Waals surface area contributed by atoms with Gasteiger partial charge in [0, 0.05) is 13.1 Å². The maximum atomic E-state index is 13.1. The van der Waals surface area contributed by atoms with Crippen LogP contribution < -0.4 is 14.8 Å². The minimum Gasteiger partial charge on any atom is -0.497 e. The second-order valence-corrected chi connectivity index (χ2v) is 7.30. The van der Waals surface area contributed by atoms with E-state index in [0.29, 0.717) is 25.3 Å². The molecule has 0 aliphatic rings. The van der Waals surface area contributed by atoms with Gasteiger partial charge < -0.3 is 19.7 Å². The number of benzene rings is 2. The first-order valence-corrected chi connectivity index (χ1v) is 10.3. The number of carbonyl (C=O) groups excluding carboxylic acids is 2. The number of carbonyl (C=O) groups is 2. The number of aryl methyl sites for hydroxylation is 2. The van der Waals surface area contributed by atoms with Crippen molar-refractivity contribution >= 4 is 11.8 Å². The molecule has 2 rings (SSSR count). The highest BCUT2D eigenvalue weighted by Gasteiger charge is 2.28. The summed E-state index contributed by atoms with van der Waals surface area (Å²) in [4.78, 5) is 27.3. The highest BCUT2D eigenvalue weighted by atomic mass is 16.5. The maximum Gasteiger partial charge on any atom is 0.261 e. The van der Waals surface area contributed by atoms with E-state index in [2.05, 4.69) is 5.32 Å². The molecular weight excluding hydrogens is 380 g/mol. The van der Waals surface area contributed by atoms with Crippen molar-refractivity contribution in [2.24, 2.45) is 0 Å². The molecule has 162 valence electrons. The smallest absolute Gasteiger partial charge is 0.261 e. The Labute approximate surface area is 179 Å². The minimum absolute atomic E-state index is 0.130. The summed E-state index contributed by atoms with van der Waals surface area (Å²) in [7, 11) is 1.61. The summed E-state index contributed by atoms with van der Waals surface area (Å²) in [6.07, 6.45) is 0.511. The van der Waals surface area contributed by atoms with E-state index in [1.165, 1.54) is 0 Å². The summed E-state index contributed by atoms with van der Waals surface area (Å²) in [6.45, 7) is 8.44. The number of amides is 2. The van der Waals surface area contributed by atoms with Gasteiger partial charge in [-0.25, -0.2) is 0 Å². The molecule has 0 radical (unpaired) electrons. The van der Waals surface area contributed by atoms with E-state index in [1.807, 2.05) is 70.2 Å². The lowest BCUT2D eigenvalue weighted by Crippen LogP contribution is -2.50. The van der Waals surface area contributed by atoms with Crippen molar-refractivity contribution in [3.8, 4) is 11.5 Å². The fourth-order valence-corrected chi connectivity index (χ4v) is 3.38. The molecule has 1 N–H and O–H groups in total. The van der Waals surface area contributed by atoms with E-state index in [9.17, 15) is 9.59 Å². The number of likely N-dealkylation sites (N-methyl/N-ethyl adjacent to an activating group) is 1. The molecule has 0 heterocycles. The normalized spacial score (nSPS) is 11.5. The summed E-state index contributed by atoms with van der Waals surface area (Å²) < 4.78 is 11.0. The van der Waals surface area contributed by atoms with Crippen molar-refractivity contribution < 1.29 is 19.1 Å². The topological polar surface area (TPSA) is 67.9 Å². The monoisotopic (exact) mass is 412 g/mol. The van der Waals surface area contributed by atoms with Gasteiger partial charge in [-0.15, -0.1) is 0 Å². The van der Waals surface area contributed by atoms with E-state index in [4.69, 9.17) is 9.47 Å². The molecule has 0 aliphatic heterocycles. The summed E-state index contributed by atoms with van der Waals surface area (Å²) in [5, 5.41) is 2.83. The molecule has 2 aromatic carbocycles. The van der Waals surface area contributed by atoms with Gasteiger partial charge in [0.15, 0.2) is 6.61 Å². The Morgan fingerprint density at radius 1 is 1.00 bits per heavy atom. The van der Waals surface area contributed by atoms with Gasteiger partial charge in [0.1, 0.15) is 17.5 Å². The quantitative estimate of drug-likeness (QED) is 0.647. The highest BCUT2D eigenvalue weighted by Crippen LogP contribution is 2.19. The van der Waals surface area contributed by atoms with Gasteiger partial charge in [-0.3, -0.25) is 9.59 Å². The van der Waals surface area contributed by atoms with Crippen LogP contribution >= 0.6 is 0 Å². The molecular formula is C24H32N2O4. The summed E-state index contributed by atoms with van der Waals surface area (Å²) in [6, 6.07) is 12.8. The fraction of sp³-hybridized carbons (Fsp3) is 0.417. The largest absolute Gasteiger partial charge is 0.497 e. The molecule has 0 aliphatic carbocycles. The van der Waals surface area contributed by atoms with Crippen LogP contribution in [0.4, 0.5) is 0 Å². The Balaban J connectivity index is 2.21. The standard InChI is InChI=1S/C24H32N2O4/c1-6-22(24(28)25-7-2)26(15-19-8-10-20(29-5)11-9-19)23(27)16-30-21-13-17(3)12-18(4)14-21/h8-14,22H,6-7,15-16H2,1-5H3,(H,25,28)/t22-/m0/s1. The van der Waals surface area contributed by atoms with Crippen LogP contribution in [0, 0.1) is 13.8 Å². The first-order valence-electron chi connectivity index (χ1n) is 10.3. The predicted molar refractivity (Wildman–Crippen MR) is 118 cm³/mol. The van der Waals surface area contributed by atoms with Crippen molar-refractivity contribution in [2.45, 2.75) is 46.7 Å². The van der Waals surface area contributed by atoms with Crippen LogP contribution in [0.3, 0.4) is 0 Å². The average molecular weight is 413 g/mol. The first kappa shape index (κ1) is 23.3. The highest BCUT2D eigenvalue weighted by molar-refractivity contribution is 5.88. The number of methoxy groups -OCH3 is 1. The van der Waals surface area contributed by atoms with Crippen LogP contribution in [0.5, 0.6) is 11.5 Å². The molecule has 6 heteroatoms. The zero-order valence-corrected chi connectivity index (χ0v) is 18.5. The molecule has 0 spiro atoms. The third kappa shape index (κ3) is 6.51. The molecule has 1 atom stereocenters. The SMILES string of the molecule is CCNC(=O)[C@H](CC)N(Cc1ccc(OC)cc1)C(=O)COc1cc(C)cc(C)c1. The Hall–Kier alpha value is -3.02. The fourth-order valence-electron chi connectivity index (χ4n) is 3.38. The summed E-state index contributed by atoms with van der Waals surface area (Å²) in [5.41, 5.74) is 3.06. The van der Waals surface area contributed by atoms with Gasteiger partial charge >= 0.3 is 0 Å². The number of nitrogens with one attached hydrogen (secondary N) is 1. The van der Waals surface area contributed by atoms with Gasteiger partial charge in [0.2, 0.25) is 5.91 Å². The van der Waals surface area contributed by atoms with Crippen molar-refractivity contribution in [2.75, 3.05) is 20.3 Å². The van der Waals surface area contributed by atoms with Crippen molar-refractivity contribution in [3.05, 3.63) is 59.2 Å². The van der Waals surface area contributed by atoms with Gasteiger partial charge in [-0.05, 0) is 68.1 Å². The zero-order valence-electron chi connectivity index (χ0n) is 18.5. The molecule has 30 heavy (non-hydrogen) atoms. The molecule has 2 amide bonds. The Morgan fingerprint density at radius 3 is 2.17 bits per heavy atom. The number of nitrogens with zero attached hydrogens (tertiary/aromatic N) is 1. The van der Waals surface area contributed by atoms with Crippen LogP contribution in [0.1, 0.15) is 37.0 Å². The van der Waals surface area contributed by atoms with Crippen molar-refractivity contribution in [1.29, 1.82) is 0 Å². The zero-order chi connectivity index (χ0) is 22.1. The first-order chi connectivity index (χ1) is 14.4. The molecule has 0 saturated heterocycles. The number of hydrogen-bond donors (Lipinski definition) is 1. The van der Waals surface area contributed by atoms with Crippen molar-refractivity contribution in [1.82, 2.24) is 10.2 Å². The van der Waals surface area contributed by atoms with Crippen LogP contribution in [0.15, 0.2) is 42.5 Å². The molecule has 0 unspecified atom stereocenters.